The van der Waals surface area contributed by atoms with Crippen molar-refractivity contribution in [3.8, 4) is 11.1 Å². The van der Waals surface area contributed by atoms with E-state index in [4.69, 9.17) is 14.2 Å². The Morgan fingerprint density at radius 2 is 1.30 bits per heavy atom. The Bertz CT molecular complexity index is 1900. The van der Waals surface area contributed by atoms with E-state index in [1.54, 1.807) is 20.8 Å². The third-order valence-corrected chi connectivity index (χ3v) is 9.50. The van der Waals surface area contributed by atoms with Crippen molar-refractivity contribution in [2.75, 3.05) is 0 Å². The molecule has 6 rings (SSSR count). The Kier molecular flexibility index (Phi) is 10.9. The van der Waals surface area contributed by atoms with Gasteiger partial charge in [-0.2, -0.15) is 0 Å². The Morgan fingerprint density at radius 3 is 1.89 bits per heavy atom. The molecule has 0 spiro atoms. The first-order chi connectivity index (χ1) is 25.3. The Labute approximate surface area is 313 Å². The van der Waals surface area contributed by atoms with Gasteiger partial charge < -0.3 is 14.2 Å². The molecule has 0 aromatic heterocycles. The molecule has 0 bridgehead atoms. The molecule has 1 heterocycles. The lowest BCUT2D eigenvalue weighted by molar-refractivity contribution is -0.157. The summed E-state index contributed by atoms with van der Waals surface area (Å²) in [5, 5.41) is 3.83. The molecule has 1 aliphatic heterocycles. The highest BCUT2D eigenvalue weighted by Crippen LogP contribution is 2.51. The predicted octanol–water partition coefficient (Wildman–Crippen LogP) is 8.72. The fourth-order valence-corrected chi connectivity index (χ4v) is 7.35. The number of nitrogens with zero attached hydrogens (tertiary/aromatic N) is 1. The van der Waals surface area contributed by atoms with Crippen LogP contribution in [0.25, 0.3) is 11.1 Å². The van der Waals surface area contributed by atoms with Crippen LogP contribution in [0.3, 0.4) is 0 Å². The number of benzene rings is 4. The van der Waals surface area contributed by atoms with Crippen molar-refractivity contribution in [3.05, 3.63) is 144 Å². The summed E-state index contributed by atoms with van der Waals surface area (Å²) >= 11 is 0. The molecule has 8 heteroatoms. The lowest BCUT2D eigenvalue weighted by Crippen LogP contribution is -2.52. The van der Waals surface area contributed by atoms with Gasteiger partial charge in [-0.1, -0.05) is 121 Å². The Morgan fingerprint density at radius 1 is 0.755 bits per heavy atom. The molecule has 1 unspecified atom stereocenters. The topological polar surface area (TPSA) is 94.2 Å². The Hall–Kier alpha value is -5.21. The zero-order valence-corrected chi connectivity index (χ0v) is 31.5. The van der Waals surface area contributed by atoms with Crippen molar-refractivity contribution in [2.45, 2.75) is 102 Å². The normalized spacial score (nSPS) is 18.3. The minimum absolute atomic E-state index is 0.109. The second-order valence-corrected chi connectivity index (χ2v) is 15.7. The average molecular weight is 715 g/mol. The van der Waals surface area contributed by atoms with E-state index >= 15 is 0 Å². The van der Waals surface area contributed by atoms with Gasteiger partial charge in [0.15, 0.2) is 0 Å². The molecule has 8 nitrogen and oxygen atoms in total. The Balaban J connectivity index is 1.32. The van der Waals surface area contributed by atoms with Crippen molar-refractivity contribution in [3.63, 3.8) is 0 Å². The highest BCUT2D eigenvalue weighted by atomic mass is 16.6. The van der Waals surface area contributed by atoms with Gasteiger partial charge in [0.2, 0.25) is 0 Å². The number of likely N-dealkylation sites (tertiary alicyclic amines) is 1. The molecule has 1 aliphatic carbocycles. The van der Waals surface area contributed by atoms with Crippen LogP contribution in [-0.4, -0.2) is 52.3 Å². The standard InChI is InChI=1S/C45H50N2O6/c1-43(2,3)52-40(48)38(46-45(32-20-11-8-12-21-32)36-25-15-13-23-34(36)35-24-14-16-26-37(35)45)27-17-22-33-28-29-39(47(33)42(50)53-44(4,5)6)41(49)51-30-31-18-9-7-10-19-31/h7-26,33,38-39,46H,27-30H2,1-6H3/b22-17+/t33?,38-,39-/m0/s1. The van der Waals surface area contributed by atoms with Gasteiger partial charge in [-0.3, -0.25) is 15.0 Å². The van der Waals surface area contributed by atoms with Gasteiger partial charge >= 0.3 is 18.0 Å². The van der Waals surface area contributed by atoms with E-state index in [-0.39, 0.29) is 13.0 Å². The number of hydrogen-bond acceptors (Lipinski definition) is 7. The van der Waals surface area contributed by atoms with Gasteiger partial charge in [-0.05, 0) is 94.2 Å². The fourth-order valence-electron chi connectivity index (χ4n) is 7.35. The number of carbonyl (C=O) groups is 3. The van der Waals surface area contributed by atoms with E-state index in [0.717, 1.165) is 33.4 Å². The van der Waals surface area contributed by atoms with Crippen LogP contribution in [0, 0.1) is 0 Å². The van der Waals surface area contributed by atoms with Crippen molar-refractivity contribution in [2.24, 2.45) is 0 Å². The number of esters is 2. The van der Waals surface area contributed by atoms with Crippen LogP contribution in [0.2, 0.25) is 0 Å². The monoisotopic (exact) mass is 714 g/mol. The molecular formula is C45H50N2O6. The van der Waals surface area contributed by atoms with Crippen molar-refractivity contribution in [1.82, 2.24) is 10.2 Å². The maximum atomic E-state index is 14.2. The number of ether oxygens (including phenoxy) is 3. The van der Waals surface area contributed by atoms with Gasteiger partial charge in [-0.15, -0.1) is 0 Å². The molecule has 1 N–H and O–H groups in total. The second-order valence-electron chi connectivity index (χ2n) is 15.7. The van der Waals surface area contributed by atoms with Gasteiger partial charge in [0.05, 0.1) is 11.6 Å². The molecule has 276 valence electrons. The lowest BCUT2D eigenvalue weighted by Gasteiger charge is -2.37. The maximum absolute atomic E-state index is 14.2. The minimum Gasteiger partial charge on any atom is -0.459 e. The summed E-state index contributed by atoms with van der Waals surface area (Å²) in [5.41, 5.74) is 3.81. The van der Waals surface area contributed by atoms with Gasteiger partial charge in [0.25, 0.3) is 0 Å². The van der Waals surface area contributed by atoms with E-state index in [2.05, 4.69) is 41.7 Å². The lowest BCUT2D eigenvalue weighted by atomic mass is 9.79. The van der Waals surface area contributed by atoms with Crippen LogP contribution in [0.15, 0.2) is 121 Å². The SMILES string of the molecule is CC(C)(C)OC(=O)[C@H](C/C=C/C1CC[C@@H](C(=O)OCc2ccccc2)N1C(=O)OC(C)(C)C)NC1(c2ccccc2)c2ccccc2-c2ccccc21. The van der Waals surface area contributed by atoms with Gasteiger partial charge in [-0.25, -0.2) is 9.59 Å². The van der Waals surface area contributed by atoms with Crippen molar-refractivity contribution < 1.29 is 28.6 Å². The average Bonchev–Trinajstić information content (AvgIpc) is 3.68. The first-order valence-corrected chi connectivity index (χ1v) is 18.4. The van der Waals surface area contributed by atoms with E-state index < -0.39 is 52.9 Å². The van der Waals surface area contributed by atoms with Crippen LogP contribution < -0.4 is 5.32 Å². The minimum atomic E-state index is -0.854. The quantitative estimate of drug-likeness (QED) is 0.0998. The first kappa shape index (κ1) is 37.5. The highest BCUT2D eigenvalue weighted by molar-refractivity contribution is 5.85. The molecule has 4 aromatic carbocycles. The first-order valence-electron chi connectivity index (χ1n) is 18.4. The second kappa shape index (κ2) is 15.4. The zero-order chi connectivity index (χ0) is 37.8. The third-order valence-electron chi connectivity index (χ3n) is 9.50. The summed E-state index contributed by atoms with van der Waals surface area (Å²) < 4.78 is 17.5. The largest absolute Gasteiger partial charge is 0.459 e. The van der Waals surface area contributed by atoms with Crippen molar-refractivity contribution in [1.29, 1.82) is 0 Å². The van der Waals surface area contributed by atoms with E-state index in [0.29, 0.717) is 12.8 Å². The molecular weight excluding hydrogens is 665 g/mol. The van der Waals surface area contributed by atoms with E-state index in [1.807, 2.05) is 106 Å². The van der Waals surface area contributed by atoms with E-state index in [9.17, 15) is 14.4 Å². The predicted molar refractivity (Wildman–Crippen MR) is 206 cm³/mol. The van der Waals surface area contributed by atoms with Crippen LogP contribution in [0.4, 0.5) is 4.79 Å². The molecule has 4 aromatic rings. The smallest absolute Gasteiger partial charge is 0.411 e. The van der Waals surface area contributed by atoms with Gasteiger partial charge in [0, 0.05) is 0 Å². The number of carbonyl (C=O) groups excluding carboxylic acids is 3. The summed E-state index contributed by atoms with van der Waals surface area (Å²) in [7, 11) is 0. The molecule has 2 aliphatic rings. The van der Waals surface area contributed by atoms with Gasteiger partial charge in [0.1, 0.15) is 29.9 Å². The van der Waals surface area contributed by atoms with Crippen LogP contribution in [0.1, 0.15) is 83.1 Å². The molecule has 0 saturated carbocycles. The fraction of sp³-hybridized carbons (Fsp3) is 0.356. The number of nitrogens with one attached hydrogen (secondary N) is 1. The number of hydrogen-bond donors (Lipinski definition) is 1. The third kappa shape index (κ3) is 8.39. The number of rotatable bonds is 10. The van der Waals surface area contributed by atoms with Crippen LogP contribution >= 0.6 is 0 Å². The summed E-state index contributed by atoms with van der Waals surface area (Å²) in [5.74, 6) is -0.871. The van der Waals surface area contributed by atoms with E-state index in [1.165, 1.54) is 4.90 Å². The summed E-state index contributed by atoms with van der Waals surface area (Å²) in [4.78, 5) is 42.8. The molecule has 1 fully saturated rings. The highest BCUT2D eigenvalue weighted by Gasteiger charge is 2.47. The molecule has 1 amide bonds. The summed E-state index contributed by atoms with van der Waals surface area (Å²) in [6, 6.07) is 34.2. The van der Waals surface area contributed by atoms with Crippen molar-refractivity contribution >= 4 is 18.0 Å². The molecule has 3 atom stereocenters. The number of amides is 1. The zero-order valence-electron chi connectivity index (χ0n) is 31.5. The maximum Gasteiger partial charge on any atom is 0.411 e. The van der Waals surface area contributed by atoms with Crippen LogP contribution in [-0.2, 0) is 35.9 Å². The molecule has 0 radical (unpaired) electrons. The summed E-state index contributed by atoms with van der Waals surface area (Å²) in [6.07, 6.45) is 4.43. The number of fused-ring (bicyclic) bond motifs is 3. The summed E-state index contributed by atoms with van der Waals surface area (Å²) in [6.45, 7) is 11.1. The molecule has 53 heavy (non-hydrogen) atoms. The molecule has 1 saturated heterocycles. The van der Waals surface area contributed by atoms with Crippen LogP contribution in [0.5, 0.6) is 0 Å².